The number of hydrogen-bond donors (Lipinski definition) is 0. The van der Waals surface area contributed by atoms with Gasteiger partial charge in [0.1, 0.15) is 0 Å². The summed E-state index contributed by atoms with van der Waals surface area (Å²) in [5, 5.41) is 12.2. The van der Waals surface area contributed by atoms with Gasteiger partial charge >= 0.3 is 0 Å². The molecule has 132 valence electrons. The monoisotopic (exact) mass is 347 g/mol. The number of Topliss-reactive ketones (excluding diaryl/α,β-unsaturated/α-hetero) is 1. The Morgan fingerprint density at radius 2 is 1.77 bits per heavy atom. The van der Waals surface area contributed by atoms with Gasteiger partial charge in [0.05, 0.1) is 12.2 Å². The lowest BCUT2D eigenvalue weighted by Gasteiger charge is -2.23. The number of tetrazole rings is 1. The molecule has 1 aliphatic heterocycles. The van der Waals surface area contributed by atoms with E-state index in [9.17, 15) is 4.79 Å². The van der Waals surface area contributed by atoms with Crippen LogP contribution >= 0.6 is 0 Å². The fraction of sp³-hybridized carbons (Fsp3) is 0.300. The van der Waals surface area contributed by atoms with Crippen molar-refractivity contribution in [3.05, 3.63) is 72.1 Å². The molecular formula is C20H21N5O. The maximum Gasteiger partial charge on any atom is 0.170 e. The fourth-order valence-electron chi connectivity index (χ4n) is 3.55. The van der Waals surface area contributed by atoms with Gasteiger partial charge in [0.15, 0.2) is 11.6 Å². The van der Waals surface area contributed by atoms with Crippen molar-refractivity contribution < 1.29 is 4.79 Å². The Hall–Kier alpha value is -2.86. The highest BCUT2D eigenvalue weighted by Gasteiger charge is 2.28. The van der Waals surface area contributed by atoms with Gasteiger partial charge in [-0.05, 0) is 41.9 Å². The molecule has 0 spiro atoms. The lowest BCUT2D eigenvalue weighted by atomic mass is 10.0. The molecule has 0 radical (unpaired) electrons. The van der Waals surface area contributed by atoms with Crippen molar-refractivity contribution in [1.29, 1.82) is 0 Å². The second kappa shape index (κ2) is 7.58. The van der Waals surface area contributed by atoms with Gasteiger partial charge in [0.25, 0.3) is 0 Å². The Balaban J connectivity index is 1.47. The maximum absolute atomic E-state index is 12.6. The standard InChI is InChI=1S/C20H21N5O/c26-19(16-8-3-1-4-9-16)14-18-12-7-13-24(18)15-20-21-22-23-25(20)17-10-5-2-6-11-17/h1-6,8-11,18H,7,12-15H2. The van der Waals surface area contributed by atoms with Crippen LogP contribution in [0, 0.1) is 0 Å². The van der Waals surface area contributed by atoms with E-state index in [2.05, 4.69) is 20.4 Å². The number of likely N-dealkylation sites (tertiary alicyclic amines) is 1. The average molecular weight is 347 g/mol. The predicted octanol–water partition coefficient (Wildman–Crippen LogP) is 2.90. The van der Waals surface area contributed by atoms with Crippen molar-refractivity contribution in [2.45, 2.75) is 31.8 Å². The highest BCUT2D eigenvalue weighted by atomic mass is 16.1. The van der Waals surface area contributed by atoms with Crippen LogP contribution < -0.4 is 0 Å². The SMILES string of the molecule is O=C(CC1CCCN1Cc1nnnn1-c1ccccc1)c1ccccc1. The number of para-hydroxylation sites is 1. The second-order valence-corrected chi connectivity index (χ2v) is 6.60. The number of carbonyl (C=O) groups is 1. The van der Waals surface area contributed by atoms with E-state index in [1.807, 2.05) is 60.7 Å². The molecule has 6 heteroatoms. The smallest absolute Gasteiger partial charge is 0.170 e. The van der Waals surface area contributed by atoms with Crippen LogP contribution in [0.25, 0.3) is 5.69 Å². The molecule has 0 amide bonds. The minimum atomic E-state index is 0.199. The number of ketones is 1. The Kier molecular flexibility index (Phi) is 4.84. The lowest BCUT2D eigenvalue weighted by Crippen LogP contribution is -2.32. The summed E-state index contributed by atoms with van der Waals surface area (Å²) in [6, 6.07) is 19.7. The zero-order valence-corrected chi connectivity index (χ0v) is 14.5. The van der Waals surface area contributed by atoms with E-state index in [1.165, 1.54) is 0 Å². The molecule has 2 heterocycles. The Morgan fingerprint density at radius 3 is 2.54 bits per heavy atom. The van der Waals surface area contributed by atoms with Gasteiger partial charge in [-0.1, -0.05) is 48.5 Å². The van der Waals surface area contributed by atoms with Gasteiger partial charge in [-0.15, -0.1) is 5.10 Å². The molecule has 1 aliphatic rings. The zero-order chi connectivity index (χ0) is 17.8. The third-order valence-electron chi connectivity index (χ3n) is 4.90. The summed E-state index contributed by atoms with van der Waals surface area (Å²) in [5.74, 6) is 1.00. The van der Waals surface area contributed by atoms with Crippen molar-refractivity contribution in [2.24, 2.45) is 0 Å². The highest BCUT2D eigenvalue weighted by molar-refractivity contribution is 5.96. The maximum atomic E-state index is 12.6. The largest absolute Gasteiger partial charge is 0.294 e. The number of nitrogens with zero attached hydrogens (tertiary/aromatic N) is 5. The summed E-state index contributed by atoms with van der Waals surface area (Å²) in [4.78, 5) is 14.9. The number of rotatable bonds is 6. The van der Waals surface area contributed by atoms with Crippen LogP contribution in [0.1, 0.15) is 35.4 Å². The van der Waals surface area contributed by atoms with E-state index in [0.717, 1.165) is 36.5 Å². The van der Waals surface area contributed by atoms with Gasteiger partial charge in [0.2, 0.25) is 0 Å². The summed E-state index contributed by atoms with van der Waals surface area (Å²) in [5.41, 5.74) is 1.73. The molecule has 4 rings (SSSR count). The third kappa shape index (κ3) is 3.55. The summed E-state index contributed by atoms with van der Waals surface area (Å²) >= 11 is 0. The number of benzene rings is 2. The van der Waals surface area contributed by atoms with Crippen LogP contribution in [0.4, 0.5) is 0 Å². The number of aromatic nitrogens is 4. The zero-order valence-electron chi connectivity index (χ0n) is 14.5. The van der Waals surface area contributed by atoms with Gasteiger partial charge in [-0.3, -0.25) is 9.69 Å². The first-order valence-electron chi connectivity index (χ1n) is 8.96. The quantitative estimate of drug-likeness (QED) is 0.642. The molecule has 1 atom stereocenters. The van der Waals surface area contributed by atoms with Crippen molar-refractivity contribution >= 4 is 5.78 Å². The van der Waals surface area contributed by atoms with Gasteiger partial charge < -0.3 is 0 Å². The highest BCUT2D eigenvalue weighted by Crippen LogP contribution is 2.24. The molecule has 3 aromatic rings. The predicted molar refractivity (Wildman–Crippen MR) is 98.0 cm³/mol. The van der Waals surface area contributed by atoms with Crippen molar-refractivity contribution in [1.82, 2.24) is 25.1 Å². The molecule has 1 saturated heterocycles. The van der Waals surface area contributed by atoms with Crippen molar-refractivity contribution in [2.75, 3.05) is 6.54 Å². The first-order valence-corrected chi connectivity index (χ1v) is 8.96. The molecule has 6 nitrogen and oxygen atoms in total. The number of hydrogen-bond acceptors (Lipinski definition) is 5. The Bertz CT molecular complexity index is 862. The van der Waals surface area contributed by atoms with Crippen LogP contribution in [0.3, 0.4) is 0 Å². The Labute approximate surface area is 152 Å². The van der Waals surface area contributed by atoms with Crippen LogP contribution in [0.5, 0.6) is 0 Å². The third-order valence-corrected chi connectivity index (χ3v) is 4.90. The molecular weight excluding hydrogens is 326 g/mol. The molecule has 2 aromatic carbocycles. The van der Waals surface area contributed by atoms with Crippen LogP contribution in [-0.4, -0.2) is 43.5 Å². The first-order chi connectivity index (χ1) is 12.8. The summed E-state index contributed by atoms with van der Waals surface area (Å²) in [6.45, 7) is 1.61. The average Bonchev–Trinajstić information content (AvgIpc) is 3.33. The minimum Gasteiger partial charge on any atom is -0.294 e. The molecule has 0 aliphatic carbocycles. The fourth-order valence-corrected chi connectivity index (χ4v) is 3.55. The van der Waals surface area contributed by atoms with Crippen LogP contribution in [0.2, 0.25) is 0 Å². The van der Waals surface area contributed by atoms with E-state index in [1.54, 1.807) is 4.68 Å². The molecule has 0 saturated carbocycles. The van der Waals surface area contributed by atoms with E-state index in [0.29, 0.717) is 13.0 Å². The van der Waals surface area contributed by atoms with Crippen LogP contribution in [0.15, 0.2) is 60.7 Å². The van der Waals surface area contributed by atoms with Crippen LogP contribution in [-0.2, 0) is 6.54 Å². The van der Waals surface area contributed by atoms with E-state index in [4.69, 9.17) is 0 Å². The minimum absolute atomic E-state index is 0.199. The molecule has 1 unspecified atom stereocenters. The van der Waals surface area contributed by atoms with E-state index in [-0.39, 0.29) is 11.8 Å². The molecule has 0 N–H and O–H groups in total. The van der Waals surface area contributed by atoms with E-state index < -0.39 is 0 Å². The second-order valence-electron chi connectivity index (χ2n) is 6.60. The lowest BCUT2D eigenvalue weighted by molar-refractivity contribution is 0.0937. The molecule has 1 fully saturated rings. The normalized spacial score (nSPS) is 17.5. The van der Waals surface area contributed by atoms with Crippen molar-refractivity contribution in [3.8, 4) is 5.69 Å². The Morgan fingerprint density at radius 1 is 1.04 bits per heavy atom. The first kappa shape index (κ1) is 16.6. The van der Waals surface area contributed by atoms with Gasteiger partial charge in [-0.25, -0.2) is 0 Å². The van der Waals surface area contributed by atoms with Gasteiger partial charge in [0, 0.05) is 18.0 Å². The molecule has 26 heavy (non-hydrogen) atoms. The van der Waals surface area contributed by atoms with E-state index >= 15 is 0 Å². The molecule has 1 aromatic heterocycles. The number of carbonyl (C=O) groups excluding carboxylic acids is 1. The summed E-state index contributed by atoms with van der Waals surface area (Å²) < 4.78 is 1.77. The van der Waals surface area contributed by atoms with Crippen molar-refractivity contribution in [3.63, 3.8) is 0 Å². The van der Waals surface area contributed by atoms with Gasteiger partial charge in [-0.2, -0.15) is 4.68 Å². The molecule has 0 bridgehead atoms. The summed E-state index contributed by atoms with van der Waals surface area (Å²) in [7, 11) is 0. The topological polar surface area (TPSA) is 63.9 Å². The summed E-state index contributed by atoms with van der Waals surface area (Å²) in [6.07, 6.45) is 2.67.